The Balaban J connectivity index is 1.54. The van der Waals surface area contributed by atoms with E-state index in [1.807, 2.05) is 0 Å². The Morgan fingerprint density at radius 2 is 1.78 bits per heavy atom. The van der Waals surface area contributed by atoms with Crippen LogP contribution in [-0.2, 0) is 10.7 Å². The Labute approximate surface area is 142 Å². The summed E-state index contributed by atoms with van der Waals surface area (Å²) >= 11 is 3.32. The molecule has 0 spiro atoms. The SMILES string of the molecule is O=C1N([C@H]2C[C@@H](N3CCCCC3)C2)c2cc(Br)ccc2C1(F)F. The molecule has 2 heterocycles. The van der Waals surface area contributed by atoms with E-state index in [4.69, 9.17) is 0 Å². The Bertz CT molecular complexity index is 639. The highest BCUT2D eigenvalue weighted by Crippen LogP contribution is 2.48. The topological polar surface area (TPSA) is 23.6 Å². The van der Waals surface area contributed by atoms with E-state index in [0.717, 1.165) is 30.4 Å². The van der Waals surface area contributed by atoms with E-state index < -0.39 is 11.8 Å². The number of hydrogen-bond acceptors (Lipinski definition) is 2. The molecule has 6 heteroatoms. The number of halogens is 3. The van der Waals surface area contributed by atoms with E-state index in [-0.39, 0.29) is 11.6 Å². The van der Waals surface area contributed by atoms with Gasteiger partial charge in [0, 0.05) is 16.6 Å². The zero-order chi connectivity index (χ0) is 16.2. The molecule has 3 nitrogen and oxygen atoms in total. The third kappa shape index (κ3) is 2.41. The highest BCUT2D eigenvalue weighted by Gasteiger charge is 2.56. The normalized spacial score (nSPS) is 30.2. The Hall–Kier alpha value is -1.01. The van der Waals surface area contributed by atoms with Crippen LogP contribution in [0.2, 0.25) is 0 Å². The number of fused-ring (bicyclic) bond motifs is 1. The number of carbonyl (C=O) groups excluding carboxylic acids is 1. The molecule has 1 amide bonds. The fourth-order valence-corrected chi connectivity index (χ4v) is 4.41. The molecular formula is C17H19BrF2N2O. The summed E-state index contributed by atoms with van der Waals surface area (Å²) in [4.78, 5) is 16.1. The van der Waals surface area contributed by atoms with Crippen LogP contribution in [0.1, 0.15) is 37.7 Å². The van der Waals surface area contributed by atoms with Crippen molar-refractivity contribution in [3.63, 3.8) is 0 Å². The maximum absolute atomic E-state index is 14.3. The largest absolute Gasteiger partial charge is 0.352 e. The van der Waals surface area contributed by atoms with Gasteiger partial charge in [0.15, 0.2) is 0 Å². The molecule has 4 rings (SSSR count). The monoisotopic (exact) mass is 384 g/mol. The van der Waals surface area contributed by atoms with Crippen LogP contribution in [0.5, 0.6) is 0 Å². The number of carbonyl (C=O) groups is 1. The number of rotatable bonds is 2. The number of piperidine rings is 1. The van der Waals surface area contributed by atoms with Crippen molar-refractivity contribution < 1.29 is 13.6 Å². The van der Waals surface area contributed by atoms with E-state index in [9.17, 15) is 13.6 Å². The predicted octanol–water partition coefficient (Wildman–Crippen LogP) is 3.90. The fourth-order valence-electron chi connectivity index (χ4n) is 4.06. The van der Waals surface area contributed by atoms with Crippen molar-refractivity contribution in [3.05, 3.63) is 28.2 Å². The number of benzene rings is 1. The lowest BCUT2D eigenvalue weighted by Crippen LogP contribution is -2.56. The summed E-state index contributed by atoms with van der Waals surface area (Å²) in [6.45, 7) is 2.20. The van der Waals surface area contributed by atoms with Crippen LogP contribution in [0, 0.1) is 0 Å². The summed E-state index contributed by atoms with van der Waals surface area (Å²) in [7, 11) is 0. The van der Waals surface area contributed by atoms with Crippen molar-refractivity contribution in [3.8, 4) is 0 Å². The van der Waals surface area contributed by atoms with E-state index in [1.165, 1.54) is 30.2 Å². The van der Waals surface area contributed by atoms with Crippen molar-refractivity contribution in [2.24, 2.45) is 0 Å². The Morgan fingerprint density at radius 3 is 2.48 bits per heavy atom. The number of nitrogens with zero attached hydrogens (tertiary/aromatic N) is 2. The second-order valence-electron chi connectivity index (χ2n) is 6.79. The molecule has 0 bridgehead atoms. The minimum atomic E-state index is -3.40. The third-order valence-corrected chi connectivity index (χ3v) is 5.90. The Morgan fingerprint density at radius 1 is 1.09 bits per heavy atom. The smallest absolute Gasteiger partial charge is 0.303 e. The van der Waals surface area contributed by atoms with Crippen LogP contribution < -0.4 is 4.90 Å². The van der Waals surface area contributed by atoms with Crippen LogP contribution >= 0.6 is 15.9 Å². The lowest BCUT2D eigenvalue weighted by Gasteiger charge is -2.47. The molecule has 0 unspecified atom stereocenters. The second-order valence-corrected chi connectivity index (χ2v) is 7.70. The highest BCUT2D eigenvalue weighted by atomic mass is 79.9. The summed E-state index contributed by atoms with van der Waals surface area (Å²) in [5, 5.41) is 0. The molecule has 0 N–H and O–H groups in total. The van der Waals surface area contributed by atoms with E-state index in [0.29, 0.717) is 11.7 Å². The lowest BCUT2D eigenvalue weighted by atomic mass is 9.83. The summed E-state index contributed by atoms with van der Waals surface area (Å²) in [6, 6.07) is 4.91. The zero-order valence-electron chi connectivity index (χ0n) is 12.8. The summed E-state index contributed by atoms with van der Waals surface area (Å²) < 4.78 is 29.3. The molecule has 23 heavy (non-hydrogen) atoms. The minimum Gasteiger partial charge on any atom is -0.303 e. The molecule has 1 saturated carbocycles. The van der Waals surface area contributed by atoms with Crippen molar-refractivity contribution in [1.82, 2.24) is 4.90 Å². The molecule has 2 fully saturated rings. The van der Waals surface area contributed by atoms with Gasteiger partial charge >= 0.3 is 11.8 Å². The van der Waals surface area contributed by atoms with Gasteiger partial charge in [-0.2, -0.15) is 8.78 Å². The summed E-state index contributed by atoms with van der Waals surface area (Å²) in [5.74, 6) is -4.46. The van der Waals surface area contributed by atoms with E-state index in [2.05, 4.69) is 20.8 Å². The van der Waals surface area contributed by atoms with Crippen molar-refractivity contribution in [2.45, 2.75) is 50.1 Å². The van der Waals surface area contributed by atoms with Gasteiger partial charge in [0.25, 0.3) is 0 Å². The first-order valence-electron chi connectivity index (χ1n) is 8.24. The molecule has 3 aliphatic rings. The number of hydrogen-bond donors (Lipinski definition) is 0. The number of alkyl halides is 2. The molecule has 124 valence electrons. The van der Waals surface area contributed by atoms with Crippen molar-refractivity contribution in [1.29, 1.82) is 0 Å². The summed E-state index contributed by atoms with van der Waals surface area (Å²) in [5.41, 5.74) is 0.212. The average Bonchev–Trinajstić information content (AvgIpc) is 2.67. The minimum absolute atomic E-state index is 0.101. The molecule has 0 radical (unpaired) electrons. The molecular weight excluding hydrogens is 366 g/mol. The van der Waals surface area contributed by atoms with Gasteiger partial charge in [-0.25, -0.2) is 0 Å². The van der Waals surface area contributed by atoms with Crippen LogP contribution in [0.3, 0.4) is 0 Å². The first-order valence-corrected chi connectivity index (χ1v) is 9.03. The first-order chi connectivity index (χ1) is 11.0. The second kappa shape index (κ2) is 5.52. The molecule has 1 aromatic carbocycles. The van der Waals surface area contributed by atoms with E-state index in [1.54, 1.807) is 12.1 Å². The molecule has 2 aliphatic heterocycles. The quantitative estimate of drug-likeness (QED) is 0.771. The number of anilines is 1. The first kappa shape index (κ1) is 15.5. The van der Waals surface area contributed by atoms with Gasteiger partial charge in [0.1, 0.15) is 0 Å². The van der Waals surface area contributed by atoms with Crippen LogP contribution in [0.15, 0.2) is 22.7 Å². The standard InChI is InChI=1S/C17H19BrF2N2O/c18-11-4-5-14-15(8-11)22(16(23)17(14,19)20)13-9-12(10-13)21-6-2-1-3-7-21/h4-5,8,12-13H,1-3,6-7,9-10H2/t12-,13+. The van der Waals surface area contributed by atoms with Crippen LogP contribution in [-0.4, -0.2) is 36.0 Å². The predicted molar refractivity (Wildman–Crippen MR) is 87.8 cm³/mol. The maximum Gasteiger partial charge on any atom is 0.352 e. The van der Waals surface area contributed by atoms with Gasteiger partial charge in [0.05, 0.1) is 11.3 Å². The average molecular weight is 385 g/mol. The molecule has 1 aliphatic carbocycles. The Kier molecular flexibility index (Phi) is 3.72. The summed E-state index contributed by atoms with van der Waals surface area (Å²) in [6.07, 6.45) is 5.32. The van der Waals surface area contributed by atoms with E-state index >= 15 is 0 Å². The van der Waals surface area contributed by atoms with Crippen molar-refractivity contribution in [2.75, 3.05) is 18.0 Å². The fraction of sp³-hybridized carbons (Fsp3) is 0.588. The van der Waals surface area contributed by atoms with Crippen molar-refractivity contribution >= 4 is 27.5 Å². The highest BCUT2D eigenvalue weighted by molar-refractivity contribution is 9.10. The van der Waals surface area contributed by atoms with Gasteiger partial charge in [0.2, 0.25) is 0 Å². The third-order valence-electron chi connectivity index (χ3n) is 5.41. The molecule has 1 aromatic rings. The van der Waals surface area contributed by atoms with Gasteiger partial charge in [-0.15, -0.1) is 0 Å². The van der Waals surface area contributed by atoms with Crippen LogP contribution in [0.4, 0.5) is 14.5 Å². The molecule has 0 atom stereocenters. The van der Waals surface area contributed by atoms with Gasteiger partial charge in [-0.3, -0.25) is 4.79 Å². The number of amides is 1. The lowest BCUT2D eigenvalue weighted by molar-refractivity contribution is -0.142. The zero-order valence-corrected chi connectivity index (χ0v) is 14.4. The maximum atomic E-state index is 14.3. The number of likely N-dealkylation sites (tertiary alicyclic amines) is 1. The van der Waals surface area contributed by atoms with Crippen LogP contribution in [0.25, 0.3) is 0 Å². The molecule has 1 saturated heterocycles. The van der Waals surface area contributed by atoms with Gasteiger partial charge in [-0.05, 0) is 57.0 Å². The van der Waals surface area contributed by atoms with Gasteiger partial charge < -0.3 is 9.80 Å². The van der Waals surface area contributed by atoms with Gasteiger partial charge in [-0.1, -0.05) is 22.4 Å². The molecule has 0 aromatic heterocycles.